The molecule has 4 unspecified atom stereocenters. The Morgan fingerprint density at radius 1 is 1.07 bits per heavy atom. The SMILES string of the molecule is CCOC(=O)C(C(=O)OCC)[N+](C)(C)C1C(N(C)C)C2CCC1(C)C2(C)C.[Br-]. The zero-order valence-electron chi connectivity index (χ0n) is 19.0. The molecule has 0 radical (unpaired) electrons. The van der Waals surface area contributed by atoms with Gasteiger partial charge in [0, 0.05) is 5.41 Å². The number of esters is 2. The van der Waals surface area contributed by atoms with Crippen LogP contribution in [0, 0.1) is 16.7 Å². The van der Waals surface area contributed by atoms with Gasteiger partial charge in [0.2, 0.25) is 0 Å². The zero-order chi connectivity index (χ0) is 20.8. The van der Waals surface area contributed by atoms with E-state index < -0.39 is 18.0 Å². The number of nitrogens with zero attached hydrogens (tertiary/aromatic N) is 2. The highest BCUT2D eigenvalue weighted by Gasteiger charge is 2.73. The van der Waals surface area contributed by atoms with Crippen molar-refractivity contribution in [1.29, 1.82) is 0 Å². The topological polar surface area (TPSA) is 55.8 Å². The van der Waals surface area contributed by atoms with Crippen LogP contribution in [0.1, 0.15) is 47.5 Å². The summed E-state index contributed by atoms with van der Waals surface area (Å²) in [6.07, 6.45) is 2.30. The quantitative estimate of drug-likeness (QED) is 0.285. The number of carbonyl (C=O) groups excluding carboxylic acids is 2. The Morgan fingerprint density at radius 3 is 1.93 bits per heavy atom. The Bertz CT molecular complexity index is 575. The van der Waals surface area contributed by atoms with Crippen molar-refractivity contribution in [1.82, 2.24) is 4.90 Å². The van der Waals surface area contributed by atoms with Crippen molar-refractivity contribution in [2.75, 3.05) is 41.4 Å². The molecule has 0 N–H and O–H groups in total. The second kappa shape index (κ2) is 8.60. The van der Waals surface area contributed by atoms with Gasteiger partial charge in [0.25, 0.3) is 6.04 Å². The van der Waals surface area contributed by atoms with E-state index in [9.17, 15) is 9.59 Å². The molecule has 0 amide bonds. The Balaban J connectivity index is 0.00000392. The normalized spacial score (nSPS) is 31.0. The number of likely N-dealkylation sites (N-methyl/N-ethyl adjacent to an activating group) is 2. The van der Waals surface area contributed by atoms with Crippen LogP contribution in [-0.4, -0.2) is 80.9 Å². The van der Waals surface area contributed by atoms with Gasteiger partial charge in [-0.3, -0.25) is 0 Å². The fourth-order valence-electron chi connectivity index (χ4n) is 6.30. The van der Waals surface area contributed by atoms with Crippen molar-refractivity contribution in [2.24, 2.45) is 16.7 Å². The summed E-state index contributed by atoms with van der Waals surface area (Å²) in [7, 11) is 8.23. The summed E-state index contributed by atoms with van der Waals surface area (Å²) < 4.78 is 10.9. The van der Waals surface area contributed by atoms with Gasteiger partial charge >= 0.3 is 11.9 Å². The highest BCUT2D eigenvalue weighted by molar-refractivity contribution is 5.97. The molecule has 2 aliphatic rings. The lowest BCUT2D eigenvalue weighted by atomic mass is 9.68. The Labute approximate surface area is 181 Å². The lowest BCUT2D eigenvalue weighted by Crippen LogP contribution is -3.00. The maximum Gasteiger partial charge on any atom is 0.377 e. The van der Waals surface area contributed by atoms with Crippen LogP contribution in [0.4, 0.5) is 0 Å². The third-order valence-corrected chi connectivity index (χ3v) is 7.76. The van der Waals surface area contributed by atoms with Crippen molar-refractivity contribution in [3.8, 4) is 0 Å². The number of halogens is 1. The molecule has 28 heavy (non-hydrogen) atoms. The van der Waals surface area contributed by atoms with Crippen LogP contribution in [0.25, 0.3) is 0 Å². The van der Waals surface area contributed by atoms with E-state index in [1.807, 2.05) is 14.1 Å². The molecule has 164 valence electrons. The highest BCUT2D eigenvalue weighted by Crippen LogP contribution is 2.68. The number of quaternary nitrogens is 1. The zero-order valence-corrected chi connectivity index (χ0v) is 20.6. The molecular weight excluding hydrogens is 424 g/mol. The molecule has 0 spiro atoms. The van der Waals surface area contributed by atoms with Gasteiger partial charge in [-0.1, -0.05) is 20.8 Å². The van der Waals surface area contributed by atoms with Crippen molar-refractivity contribution in [3.63, 3.8) is 0 Å². The van der Waals surface area contributed by atoms with Crippen molar-refractivity contribution >= 4 is 11.9 Å². The number of rotatable bonds is 7. The first kappa shape index (κ1) is 25.4. The first-order chi connectivity index (χ1) is 12.4. The molecule has 4 atom stereocenters. The average Bonchev–Trinajstić information content (AvgIpc) is 2.86. The molecule has 0 saturated heterocycles. The third-order valence-electron chi connectivity index (χ3n) is 7.76. The van der Waals surface area contributed by atoms with Crippen molar-refractivity contribution in [3.05, 3.63) is 0 Å². The Morgan fingerprint density at radius 2 is 1.54 bits per heavy atom. The van der Waals surface area contributed by atoms with Gasteiger partial charge in [-0.05, 0) is 52.1 Å². The lowest BCUT2D eigenvalue weighted by Gasteiger charge is -2.52. The van der Waals surface area contributed by atoms with E-state index in [1.54, 1.807) is 13.8 Å². The summed E-state index contributed by atoms with van der Waals surface area (Å²) in [5.41, 5.74) is 0.156. The van der Waals surface area contributed by atoms with E-state index >= 15 is 0 Å². The summed E-state index contributed by atoms with van der Waals surface area (Å²) in [5.74, 6) is -0.435. The standard InChI is InChI=1S/C21H39N2O4.BrH/c1-10-26-18(24)16(19(25)27-11-2)23(8,9)17-15(22(6)7)14-12-13-21(17,5)20(14,3)4;/h14-17H,10-13H2,1-9H3;1H/q+1;/p-1. The minimum Gasteiger partial charge on any atom is -1.00 e. The number of fused-ring (bicyclic) bond motifs is 2. The van der Waals surface area contributed by atoms with Gasteiger partial charge in [0.15, 0.2) is 0 Å². The monoisotopic (exact) mass is 462 g/mol. The maximum atomic E-state index is 12.9. The molecule has 2 aliphatic carbocycles. The summed E-state index contributed by atoms with van der Waals surface area (Å²) in [4.78, 5) is 28.0. The van der Waals surface area contributed by atoms with E-state index in [-0.39, 0.29) is 51.6 Å². The lowest BCUT2D eigenvalue weighted by molar-refractivity contribution is -0.932. The maximum absolute atomic E-state index is 12.9. The molecule has 2 fully saturated rings. The van der Waals surface area contributed by atoms with E-state index in [2.05, 4.69) is 39.8 Å². The second-order valence-electron chi connectivity index (χ2n) is 9.72. The van der Waals surface area contributed by atoms with E-state index in [4.69, 9.17) is 9.47 Å². The Hall–Kier alpha value is -0.660. The summed E-state index contributed by atoms with van der Waals surface area (Å²) >= 11 is 0. The van der Waals surface area contributed by atoms with E-state index in [0.717, 1.165) is 6.42 Å². The molecule has 0 aromatic heterocycles. The molecular formula is C21H39BrN2O4. The first-order valence-corrected chi connectivity index (χ1v) is 10.2. The fourth-order valence-corrected chi connectivity index (χ4v) is 6.30. The average molecular weight is 463 g/mol. The van der Waals surface area contributed by atoms with Crippen LogP contribution in [-0.2, 0) is 19.1 Å². The Kier molecular flexibility index (Phi) is 7.80. The van der Waals surface area contributed by atoms with Crippen LogP contribution in [0.5, 0.6) is 0 Å². The number of hydrogen-bond acceptors (Lipinski definition) is 5. The predicted molar refractivity (Wildman–Crippen MR) is 105 cm³/mol. The number of ether oxygens (including phenoxy) is 2. The van der Waals surface area contributed by atoms with Crippen LogP contribution >= 0.6 is 0 Å². The minimum absolute atomic E-state index is 0. The molecule has 0 aromatic rings. The summed E-state index contributed by atoms with van der Waals surface area (Å²) in [6.45, 7) is 11.1. The fraction of sp³-hybridized carbons (Fsp3) is 0.905. The third kappa shape index (κ3) is 3.63. The van der Waals surface area contributed by atoms with Gasteiger partial charge in [-0.25, -0.2) is 9.59 Å². The molecule has 2 saturated carbocycles. The summed E-state index contributed by atoms with van der Waals surface area (Å²) in [5, 5.41) is 0. The van der Waals surface area contributed by atoms with Crippen molar-refractivity contribution < 1.29 is 40.5 Å². The summed E-state index contributed by atoms with van der Waals surface area (Å²) in [6, 6.07) is -0.551. The molecule has 6 nitrogen and oxygen atoms in total. The second-order valence-corrected chi connectivity index (χ2v) is 9.72. The largest absolute Gasteiger partial charge is 1.00 e. The predicted octanol–water partition coefficient (Wildman–Crippen LogP) is -0.683. The highest BCUT2D eigenvalue weighted by atomic mass is 79.9. The van der Waals surface area contributed by atoms with Gasteiger partial charge in [0.05, 0.1) is 33.4 Å². The molecule has 2 rings (SSSR count). The van der Waals surface area contributed by atoms with Gasteiger partial charge in [-0.15, -0.1) is 0 Å². The van der Waals surface area contributed by atoms with Crippen molar-refractivity contribution in [2.45, 2.75) is 65.6 Å². The molecule has 0 aromatic carbocycles. The minimum atomic E-state index is -0.968. The van der Waals surface area contributed by atoms with Gasteiger partial charge < -0.3 is 35.8 Å². The van der Waals surface area contributed by atoms with Gasteiger partial charge in [0.1, 0.15) is 6.04 Å². The van der Waals surface area contributed by atoms with Crippen LogP contribution < -0.4 is 17.0 Å². The van der Waals surface area contributed by atoms with Gasteiger partial charge in [-0.2, -0.15) is 0 Å². The van der Waals surface area contributed by atoms with Crippen LogP contribution in [0.3, 0.4) is 0 Å². The molecule has 0 heterocycles. The number of carbonyl (C=O) groups is 2. The molecule has 7 heteroatoms. The molecule has 2 bridgehead atoms. The number of hydrogen-bond donors (Lipinski definition) is 0. The first-order valence-electron chi connectivity index (χ1n) is 10.2. The van der Waals surface area contributed by atoms with E-state index in [1.165, 1.54) is 6.42 Å². The van der Waals surface area contributed by atoms with Crippen LogP contribution in [0.15, 0.2) is 0 Å². The molecule has 0 aliphatic heterocycles. The van der Waals surface area contributed by atoms with E-state index in [0.29, 0.717) is 12.0 Å². The van der Waals surface area contributed by atoms with Crippen LogP contribution in [0.2, 0.25) is 0 Å². The smallest absolute Gasteiger partial charge is 0.377 e.